The van der Waals surface area contributed by atoms with Gasteiger partial charge in [-0.05, 0) is 12.1 Å². The third-order valence-electron chi connectivity index (χ3n) is 2.28. The van der Waals surface area contributed by atoms with Gasteiger partial charge in [-0.2, -0.15) is 21.6 Å². The summed E-state index contributed by atoms with van der Waals surface area (Å²) in [6, 6.07) is 9.00. The highest BCUT2D eigenvalue weighted by molar-refractivity contribution is 7.88. The van der Waals surface area contributed by atoms with Gasteiger partial charge >= 0.3 is 21.6 Å². The number of nitrogens with zero attached hydrogens (tertiary/aromatic N) is 1. The molecule has 0 saturated carbocycles. The quantitative estimate of drug-likeness (QED) is 0.628. The molecular formula is C11H6F3NO4S. The minimum Gasteiger partial charge on any atom is -0.333 e. The van der Waals surface area contributed by atoms with Crippen molar-refractivity contribution in [1.82, 2.24) is 4.98 Å². The Labute approximate surface area is 111 Å². The lowest BCUT2D eigenvalue weighted by Gasteiger charge is -2.07. The Balaban J connectivity index is 2.33. The number of pyridine rings is 1. The number of hydrogen-bond donors (Lipinski definition) is 0. The van der Waals surface area contributed by atoms with Crippen molar-refractivity contribution < 1.29 is 30.6 Å². The van der Waals surface area contributed by atoms with Crippen molar-refractivity contribution >= 4 is 27.0 Å². The van der Waals surface area contributed by atoms with Crippen LogP contribution in [0.1, 0.15) is 10.5 Å². The van der Waals surface area contributed by atoms with Gasteiger partial charge in [-0.1, -0.05) is 24.3 Å². The summed E-state index contributed by atoms with van der Waals surface area (Å²) < 4.78 is 61.1. The first kappa shape index (κ1) is 14.3. The van der Waals surface area contributed by atoms with Crippen molar-refractivity contribution in [3.63, 3.8) is 0 Å². The zero-order valence-corrected chi connectivity index (χ0v) is 10.4. The van der Waals surface area contributed by atoms with E-state index in [1.807, 2.05) is 0 Å². The van der Waals surface area contributed by atoms with E-state index < -0.39 is 27.3 Å². The van der Waals surface area contributed by atoms with Crippen LogP contribution in [0, 0.1) is 0 Å². The van der Waals surface area contributed by atoms with Crippen LogP contribution < -0.4 is 0 Å². The van der Waals surface area contributed by atoms with Crippen LogP contribution in [0.2, 0.25) is 0 Å². The highest BCUT2D eigenvalue weighted by Gasteiger charge is 2.49. The zero-order chi connectivity index (χ0) is 15.0. The molecule has 106 valence electrons. The van der Waals surface area contributed by atoms with Crippen molar-refractivity contribution in [2.24, 2.45) is 0 Å². The molecule has 0 saturated heterocycles. The minimum absolute atomic E-state index is 0.325. The molecule has 0 atom stereocenters. The predicted octanol–water partition coefficient (Wildman–Crippen LogP) is 2.24. The lowest BCUT2D eigenvalue weighted by Crippen LogP contribution is -2.28. The number of halogens is 3. The van der Waals surface area contributed by atoms with Crippen LogP contribution in [0.4, 0.5) is 13.2 Å². The second-order valence-corrected chi connectivity index (χ2v) is 5.20. The fourth-order valence-corrected chi connectivity index (χ4v) is 1.75. The lowest BCUT2D eigenvalue weighted by molar-refractivity contribution is -0.0525. The molecular weight excluding hydrogens is 299 g/mol. The first-order chi connectivity index (χ1) is 9.21. The Morgan fingerprint density at radius 1 is 1.10 bits per heavy atom. The van der Waals surface area contributed by atoms with Crippen molar-refractivity contribution in [2.45, 2.75) is 5.51 Å². The van der Waals surface area contributed by atoms with Gasteiger partial charge in [-0.25, -0.2) is 9.78 Å². The van der Waals surface area contributed by atoms with E-state index in [9.17, 15) is 26.4 Å². The molecule has 0 aliphatic carbocycles. The van der Waals surface area contributed by atoms with Gasteiger partial charge in [-0.3, -0.25) is 0 Å². The molecule has 5 nitrogen and oxygen atoms in total. The Morgan fingerprint density at radius 3 is 2.40 bits per heavy atom. The van der Waals surface area contributed by atoms with Gasteiger partial charge < -0.3 is 4.18 Å². The Kier molecular flexibility index (Phi) is 3.38. The summed E-state index contributed by atoms with van der Waals surface area (Å²) in [5.74, 6) is -1.69. The average Bonchev–Trinajstić information content (AvgIpc) is 2.36. The molecule has 0 spiro atoms. The van der Waals surface area contributed by atoms with Gasteiger partial charge in [0.15, 0.2) is 0 Å². The van der Waals surface area contributed by atoms with Gasteiger partial charge in [0.2, 0.25) is 0 Å². The summed E-state index contributed by atoms with van der Waals surface area (Å²) >= 11 is 0. The summed E-state index contributed by atoms with van der Waals surface area (Å²) in [6.07, 6.45) is 0. The number of carbonyl (C=O) groups excluding carboxylic acids is 1. The Bertz CT molecular complexity index is 771. The Morgan fingerprint density at radius 2 is 1.75 bits per heavy atom. The van der Waals surface area contributed by atoms with Crippen LogP contribution in [-0.4, -0.2) is 24.9 Å². The Hall–Kier alpha value is -2.16. The van der Waals surface area contributed by atoms with Crippen LogP contribution in [0.25, 0.3) is 10.9 Å². The molecule has 0 unspecified atom stereocenters. The minimum atomic E-state index is -5.99. The summed E-state index contributed by atoms with van der Waals surface area (Å²) in [7, 11) is -5.99. The van der Waals surface area contributed by atoms with Crippen LogP contribution >= 0.6 is 0 Å². The first-order valence-corrected chi connectivity index (χ1v) is 6.52. The van der Waals surface area contributed by atoms with E-state index in [1.54, 1.807) is 18.2 Å². The number of hydrogen-bond acceptors (Lipinski definition) is 5. The summed E-state index contributed by atoms with van der Waals surface area (Å²) in [5, 5.41) is 0.641. The highest BCUT2D eigenvalue weighted by atomic mass is 32.2. The molecule has 0 radical (unpaired) electrons. The standard InChI is InChI=1S/C11H6F3NO4S/c12-11(13,14)20(17,18)19-10(16)9-6-5-7-3-1-2-4-8(7)15-9/h1-6H. The van der Waals surface area contributed by atoms with Crippen LogP contribution in [0.3, 0.4) is 0 Å². The van der Waals surface area contributed by atoms with E-state index in [0.29, 0.717) is 10.9 Å². The van der Waals surface area contributed by atoms with E-state index in [1.165, 1.54) is 12.1 Å². The molecule has 2 rings (SSSR count). The number of rotatable bonds is 2. The molecule has 1 aromatic heterocycles. The predicted molar refractivity (Wildman–Crippen MR) is 62.1 cm³/mol. The zero-order valence-electron chi connectivity index (χ0n) is 9.59. The topological polar surface area (TPSA) is 73.3 Å². The van der Waals surface area contributed by atoms with Gasteiger partial charge in [-0.15, -0.1) is 0 Å². The van der Waals surface area contributed by atoms with Crippen molar-refractivity contribution in [2.75, 3.05) is 0 Å². The smallest absolute Gasteiger partial charge is 0.333 e. The van der Waals surface area contributed by atoms with Gasteiger partial charge in [0.25, 0.3) is 0 Å². The van der Waals surface area contributed by atoms with E-state index in [2.05, 4.69) is 9.17 Å². The fourth-order valence-electron chi connectivity index (χ4n) is 1.37. The van der Waals surface area contributed by atoms with Crippen LogP contribution in [0.5, 0.6) is 0 Å². The normalized spacial score (nSPS) is 12.3. The van der Waals surface area contributed by atoms with E-state index in [0.717, 1.165) is 6.07 Å². The van der Waals surface area contributed by atoms with Gasteiger partial charge in [0, 0.05) is 5.39 Å². The molecule has 0 amide bonds. The lowest BCUT2D eigenvalue weighted by atomic mass is 10.2. The van der Waals surface area contributed by atoms with Gasteiger partial charge in [0.1, 0.15) is 5.69 Å². The van der Waals surface area contributed by atoms with Crippen molar-refractivity contribution in [3.05, 3.63) is 42.1 Å². The highest BCUT2D eigenvalue weighted by Crippen LogP contribution is 2.25. The van der Waals surface area contributed by atoms with E-state index in [-0.39, 0.29) is 0 Å². The third kappa shape index (κ3) is 2.72. The van der Waals surface area contributed by atoms with E-state index in [4.69, 9.17) is 0 Å². The molecule has 0 aliphatic heterocycles. The average molecular weight is 305 g/mol. The second kappa shape index (κ2) is 4.75. The van der Waals surface area contributed by atoms with Crippen molar-refractivity contribution in [1.29, 1.82) is 0 Å². The number of benzene rings is 1. The number of fused-ring (bicyclic) bond motifs is 1. The van der Waals surface area contributed by atoms with Crippen molar-refractivity contribution in [3.8, 4) is 0 Å². The SMILES string of the molecule is O=C(OS(=O)(=O)C(F)(F)F)c1ccc2ccccc2n1. The molecule has 1 heterocycles. The second-order valence-electron chi connectivity index (χ2n) is 3.66. The molecule has 1 aromatic carbocycles. The summed E-state index contributed by atoms with van der Waals surface area (Å²) in [6.45, 7) is 0. The number of carbonyl (C=O) groups is 1. The maximum absolute atomic E-state index is 12.1. The van der Waals surface area contributed by atoms with Crippen LogP contribution in [-0.2, 0) is 14.3 Å². The maximum Gasteiger partial charge on any atom is 0.534 e. The molecule has 0 aliphatic rings. The molecule has 20 heavy (non-hydrogen) atoms. The monoisotopic (exact) mass is 305 g/mol. The molecule has 0 fully saturated rings. The number of aromatic nitrogens is 1. The van der Waals surface area contributed by atoms with E-state index >= 15 is 0 Å². The number of para-hydroxylation sites is 1. The van der Waals surface area contributed by atoms with Crippen LogP contribution in [0.15, 0.2) is 36.4 Å². The summed E-state index contributed by atoms with van der Waals surface area (Å²) in [5.41, 5.74) is -5.87. The third-order valence-corrected chi connectivity index (χ3v) is 3.21. The maximum atomic E-state index is 12.1. The largest absolute Gasteiger partial charge is 0.534 e. The summed E-state index contributed by atoms with van der Waals surface area (Å²) in [4.78, 5) is 15.1. The molecule has 0 N–H and O–H groups in total. The first-order valence-electron chi connectivity index (χ1n) is 5.11. The fraction of sp³-hybridized carbons (Fsp3) is 0.0909. The molecule has 2 aromatic rings. The molecule has 9 heteroatoms. The molecule has 0 bridgehead atoms. The van der Waals surface area contributed by atoms with Gasteiger partial charge in [0.05, 0.1) is 5.52 Å². The number of alkyl halides is 3.